The first-order chi connectivity index (χ1) is 11.3. The lowest BCUT2D eigenvalue weighted by molar-refractivity contribution is 0.191. The molecule has 0 saturated carbocycles. The van der Waals surface area contributed by atoms with Crippen LogP contribution in [0.25, 0.3) is 0 Å². The van der Waals surface area contributed by atoms with Gasteiger partial charge in [0.15, 0.2) is 5.96 Å². The molecule has 5 nitrogen and oxygen atoms in total. The molecule has 0 spiro atoms. The van der Waals surface area contributed by atoms with Gasteiger partial charge in [-0.15, -0.1) is 24.0 Å². The second kappa shape index (κ2) is 12.5. The van der Waals surface area contributed by atoms with Gasteiger partial charge in [-0.3, -0.25) is 9.98 Å². The lowest BCUT2D eigenvalue weighted by atomic mass is 9.99. The fourth-order valence-electron chi connectivity index (χ4n) is 2.89. The van der Waals surface area contributed by atoms with E-state index in [0.29, 0.717) is 0 Å². The predicted octanol–water partition coefficient (Wildman–Crippen LogP) is 2.53. The van der Waals surface area contributed by atoms with Gasteiger partial charge < -0.3 is 15.5 Å². The minimum atomic E-state index is 0. The maximum absolute atomic E-state index is 4.28. The van der Waals surface area contributed by atoms with E-state index in [-0.39, 0.29) is 24.0 Å². The minimum absolute atomic E-state index is 0. The molecule has 1 aromatic heterocycles. The Kier molecular flexibility index (Phi) is 11.0. The Labute approximate surface area is 163 Å². The molecule has 0 bridgehead atoms. The summed E-state index contributed by atoms with van der Waals surface area (Å²) in [5, 5.41) is 6.76. The zero-order valence-corrected chi connectivity index (χ0v) is 17.3. The standard InChI is InChI=1S/C18H31N5.HI/c1-16-7-13-23(14-8-16)12-4-10-21-18(19-2)22-11-6-17-5-3-9-20-15-17;/h3,5,9,15-16H,4,6-8,10-14H2,1-2H3,(H2,19,21,22);1H. The zero-order valence-electron chi connectivity index (χ0n) is 15.0. The smallest absolute Gasteiger partial charge is 0.190 e. The highest BCUT2D eigenvalue weighted by atomic mass is 127. The number of pyridine rings is 1. The third kappa shape index (κ3) is 8.28. The van der Waals surface area contributed by atoms with Gasteiger partial charge in [0.1, 0.15) is 0 Å². The molecule has 1 aromatic rings. The summed E-state index contributed by atoms with van der Waals surface area (Å²) >= 11 is 0. The van der Waals surface area contributed by atoms with Crippen LogP contribution in [-0.4, -0.2) is 55.6 Å². The highest BCUT2D eigenvalue weighted by Crippen LogP contribution is 2.15. The molecular formula is C18H32IN5. The molecule has 1 saturated heterocycles. The fourth-order valence-corrected chi connectivity index (χ4v) is 2.89. The molecule has 0 amide bonds. The van der Waals surface area contributed by atoms with E-state index in [1.165, 1.54) is 38.0 Å². The van der Waals surface area contributed by atoms with Gasteiger partial charge in [0.05, 0.1) is 0 Å². The SMILES string of the molecule is CN=C(NCCCN1CCC(C)CC1)NCCc1cccnc1.I. The molecular weight excluding hydrogens is 413 g/mol. The summed E-state index contributed by atoms with van der Waals surface area (Å²) in [4.78, 5) is 11.0. The van der Waals surface area contributed by atoms with Gasteiger partial charge in [0.2, 0.25) is 0 Å². The molecule has 2 N–H and O–H groups in total. The Morgan fingerprint density at radius 1 is 1.29 bits per heavy atom. The summed E-state index contributed by atoms with van der Waals surface area (Å²) in [6.07, 6.45) is 8.55. The number of likely N-dealkylation sites (tertiary alicyclic amines) is 1. The van der Waals surface area contributed by atoms with Crippen molar-refractivity contribution in [3.63, 3.8) is 0 Å². The second-order valence-corrected chi connectivity index (χ2v) is 6.41. The van der Waals surface area contributed by atoms with Gasteiger partial charge >= 0.3 is 0 Å². The van der Waals surface area contributed by atoms with Crippen molar-refractivity contribution in [2.75, 3.05) is 39.8 Å². The topological polar surface area (TPSA) is 52.6 Å². The van der Waals surface area contributed by atoms with Crippen LogP contribution in [0.3, 0.4) is 0 Å². The lowest BCUT2D eigenvalue weighted by Crippen LogP contribution is -2.40. The first-order valence-electron chi connectivity index (χ1n) is 8.83. The van der Waals surface area contributed by atoms with E-state index in [0.717, 1.165) is 37.8 Å². The van der Waals surface area contributed by atoms with Crippen LogP contribution in [0, 0.1) is 5.92 Å². The number of hydrogen-bond acceptors (Lipinski definition) is 3. The van der Waals surface area contributed by atoms with Crippen LogP contribution in [0.5, 0.6) is 0 Å². The van der Waals surface area contributed by atoms with E-state index in [1.807, 2.05) is 19.3 Å². The van der Waals surface area contributed by atoms with Crippen molar-refractivity contribution >= 4 is 29.9 Å². The molecule has 1 aliphatic rings. The maximum atomic E-state index is 4.28. The average molecular weight is 445 g/mol. The molecule has 24 heavy (non-hydrogen) atoms. The molecule has 0 radical (unpaired) electrons. The maximum Gasteiger partial charge on any atom is 0.190 e. The monoisotopic (exact) mass is 445 g/mol. The summed E-state index contributed by atoms with van der Waals surface area (Å²) in [5.41, 5.74) is 1.25. The van der Waals surface area contributed by atoms with Crippen molar-refractivity contribution in [1.29, 1.82) is 0 Å². The normalized spacial score (nSPS) is 16.5. The van der Waals surface area contributed by atoms with E-state index in [9.17, 15) is 0 Å². The Bertz CT molecular complexity index is 458. The van der Waals surface area contributed by atoms with E-state index >= 15 is 0 Å². The minimum Gasteiger partial charge on any atom is -0.356 e. The Morgan fingerprint density at radius 2 is 2.04 bits per heavy atom. The van der Waals surface area contributed by atoms with Gasteiger partial charge in [0, 0.05) is 32.5 Å². The molecule has 0 unspecified atom stereocenters. The summed E-state index contributed by atoms with van der Waals surface area (Å²) in [6, 6.07) is 4.08. The van der Waals surface area contributed by atoms with E-state index < -0.39 is 0 Å². The van der Waals surface area contributed by atoms with Crippen molar-refractivity contribution in [3.05, 3.63) is 30.1 Å². The molecule has 0 aliphatic carbocycles. The summed E-state index contributed by atoms with van der Waals surface area (Å²) in [7, 11) is 1.82. The second-order valence-electron chi connectivity index (χ2n) is 6.41. The van der Waals surface area contributed by atoms with Crippen molar-refractivity contribution in [1.82, 2.24) is 20.5 Å². The first-order valence-corrected chi connectivity index (χ1v) is 8.83. The van der Waals surface area contributed by atoms with Gasteiger partial charge in [-0.1, -0.05) is 13.0 Å². The number of nitrogens with one attached hydrogen (secondary N) is 2. The summed E-state index contributed by atoms with van der Waals surface area (Å²) in [6.45, 7) is 7.92. The molecule has 1 fully saturated rings. The highest BCUT2D eigenvalue weighted by Gasteiger charge is 2.14. The van der Waals surface area contributed by atoms with Crippen molar-refractivity contribution < 1.29 is 0 Å². The van der Waals surface area contributed by atoms with E-state index in [4.69, 9.17) is 0 Å². The molecule has 6 heteroatoms. The third-order valence-electron chi connectivity index (χ3n) is 4.47. The lowest BCUT2D eigenvalue weighted by Gasteiger charge is -2.30. The van der Waals surface area contributed by atoms with Gasteiger partial charge in [0.25, 0.3) is 0 Å². The molecule has 2 heterocycles. The Morgan fingerprint density at radius 3 is 2.71 bits per heavy atom. The van der Waals surface area contributed by atoms with Crippen LogP contribution in [-0.2, 0) is 6.42 Å². The number of guanidine groups is 1. The van der Waals surface area contributed by atoms with Crippen LogP contribution in [0.1, 0.15) is 31.7 Å². The third-order valence-corrected chi connectivity index (χ3v) is 4.47. The number of halogens is 1. The number of rotatable bonds is 7. The van der Waals surface area contributed by atoms with Crippen LogP contribution in [0.15, 0.2) is 29.5 Å². The predicted molar refractivity (Wildman–Crippen MR) is 112 cm³/mol. The number of aromatic nitrogens is 1. The van der Waals surface area contributed by atoms with E-state index in [2.05, 4.69) is 38.5 Å². The quantitative estimate of drug-likeness (QED) is 0.293. The highest BCUT2D eigenvalue weighted by molar-refractivity contribution is 14.0. The van der Waals surface area contributed by atoms with Gasteiger partial charge in [-0.2, -0.15) is 0 Å². The summed E-state index contributed by atoms with van der Waals surface area (Å²) < 4.78 is 0. The molecule has 136 valence electrons. The van der Waals surface area contributed by atoms with Crippen LogP contribution in [0.4, 0.5) is 0 Å². The Balaban J connectivity index is 0.00000288. The van der Waals surface area contributed by atoms with Crippen molar-refractivity contribution in [2.24, 2.45) is 10.9 Å². The van der Waals surface area contributed by atoms with Crippen molar-refractivity contribution in [3.8, 4) is 0 Å². The Hall–Kier alpha value is -0.890. The number of hydrogen-bond donors (Lipinski definition) is 2. The molecule has 0 atom stereocenters. The first kappa shape index (κ1) is 21.2. The van der Waals surface area contributed by atoms with Gasteiger partial charge in [-0.05, 0) is 62.9 Å². The number of nitrogens with zero attached hydrogens (tertiary/aromatic N) is 3. The molecule has 1 aliphatic heterocycles. The summed E-state index contributed by atoms with van der Waals surface area (Å²) in [5.74, 6) is 1.80. The average Bonchev–Trinajstić information content (AvgIpc) is 2.59. The molecule has 2 rings (SSSR count). The van der Waals surface area contributed by atoms with Crippen LogP contribution < -0.4 is 10.6 Å². The van der Waals surface area contributed by atoms with E-state index in [1.54, 1.807) is 6.20 Å². The largest absolute Gasteiger partial charge is 0.356 e. The van der Waals surface area contributed by atoms with Gasteiger partial charge in [-0.25, -0.2) is 0 Å². The fraction of sp³-hybridized carbons (Fsp3) is 0.667. The number of aliphatic imine (C=N–C) groups is 1. The van der Waals surface area contributed by atoms with Crippen LogP contribution in [0.2, 0.25) is 0 Å². The number of piperidine rings is 1. The van der Waals surface area contributed by atoms with Crippen molar-refractivity contribution in [2.45, 2.75) is 32.6 Å². The zero-order chi connectivity index (χ0) is 16.3. The molecule has 0 aromatic carbocycles. The van der Waals surface area contributed by atoms with Crippen LogP contribution >= 0.6 is 24.0 Å².